The molecule has 0 bridgehead atoms. The van der Waals surface area contributed by atoms with Crippen molar-refractivity contribution in [3.8, 4) is 0 Å². The molecule has 0 spiro atoms. The van der Waals surface area contributed by atoms with Gasteiger partial charge in [0.2, 0.25) is 0 Å². The van der Waals surface area contributed by atoms with Gasteiger partial charge in [-0.15, -0.1) is 0 Å². The van der Waals surface area contributed by atoms with Gasteiger partial charge in [-0.1, -0.05) is 26.0 Å². The summed E-state index contributed by atoms with van der Waals surface area (Å²) in [4.78, 5) is 19.2. The van der Waals surface area contributed by atoms with Gasteiger partial charge in [-0.3, -0.25) is 4.79 Å². The Kier molecular flexibility index (Phi) is 4.81. The maximum Gasteiger partial charge on any atom is 0.416 e. The maximum atomic E-state index is 12.9. The van der Waals surface area contributed by atoms with Crippen molar-refractivity contribution >= 4 is 11.0 Å². The largest absolute Gasteiger partial charge is 0.416 e. The van der Waals surface area contributed by atoms with E-state index in [0.29, 0.717) is 17.0 Å². The van der Waals surface area contributed by atoms with E-state index >= 15 is 0 Å². The fourth-order valence-corrected chi connectivity index (χ4v) is 3.21. The lowest BCUT2D eigenvalue weighted by molar-refractivity contribution is -0.137. The second kappa shape index (κ2) is 6.80. The number of aromatic amines is 1. The van der Waals surface area contributed by atoms with Crippen LogP contribution in [-0.4, -0.2) is 24.9 Å². The molecule has 0 aliphatic carbocycles. The molecule has 9 heteroatoms. The highest BCUT2D eigenvalue weighted by Crippen LogP contribution is 2.33. The van der Waals surface area contributed by atoms with Crippen LogP contribution in [0, 0.1) is 12.8 Å². The summed E-state index contributed by atoms with van der Waals surface area (Å²) in [7, 11) is 0. The molecule has 3 aromatic rings. The van der Waals surface area contributed by atoms with Gasteiger partial charge >= 0.3 is 6.18 Å². The molecule has 2 aromatic heterocycles. The Morgan fingerprint density at radius 1 is 1.22 bits per heavy atom. The lowest BCUT2D eigenvalue weighted by Crippen LogP contribution is -2.20. The summed E-state index contributed by atoms with van der Waals surface area (Å²) < 4.78 is 40.1. The number of fused-ring (bicyclic) bond motifs is 1. The molecule has 2 N–H and O–H groups in total. The first-order valence-electron chi connectivity index (χ1n) is 8.39. The van der Waals surface area contributed by atoms with E-state index in [-0.39, 0.29) is 17.0 Å². The van der Waals surface area contributed by atoms with Crippen molar-refractivity contribution in [2.24, 2.45) is 5.92 Å². The van der Waals surface area contributed by atoms with E-state index in [9.17, 15) is 23.1 Å². The molecule has 1 unspecified atom stereocenters. The monoisotopic (exact) mass is 380 g/mol. The molecule has 0 saturated carbocycles. The van der Waals surface area contributed by atoms with Crippen LogP contribution in [0.5, 0.6) is 0 Å². The van der Waals surface area contributed by atoms with Gasteiger partial charge in [0.15, 0.2) is 5.65 Å². The summed E-state index contributed by atoms with van der Waals surface area (Å²) in [6.45, 7) is 4.97. The summed E-state index contributed by atoms with van der Waals surface area (Å²) in [6.07, 6.45) is -4.42. The highest BCUT2D eigenvalue weighted by Gasteiger charge is 2.31. The zero-order valence-electron chi connectivity index (χ0n) is 15.0. The molecule has 144 valence electrons. The molecule has 0 fully saturated rings. The fourth-order valence-electron chi connectivity index (χ4n) is 3.21. The second-order valence-electron chi connectivity index (χ2n) is 6.71. The number of benzene rings is 1. The minimum absolute atomic E-state index is 0.0576. The van der Waals surface area contributed by atoms with Crippen molar-refractivity contribution in [1.82, 2.24) is 19.7 Å². The molecule has 0 saturated heterocycles. The molecule has 2 heterocycles. The minimum atomic E-state index is -4.42. The third-order valence-electron chi connectivity index (χ3n) is 4.38. The first-order chi connectivity index (χ1) is 12.6. The van der Waals surface area contributed by atoms with Crippen LogP contribution >= 0.6 is 0 Å². The number of rotatable bonds is 4. The van der Waals surface area contributed by atoms with Gasteiger partial charge in [0.25, 0.3) is 5.56 Å². The van der Waals surface area contributed by atoms with Crippen LogP contribution in [0.15, 0.2) is 29.1 Å². The Hall–Kier alpha value is -2.68. The zero-order valence-corrected chi connectivity index (χ0v) is 15.0. The summed E-state index contributed by atoms with van der Waals surface area (Å²) >= 11 is 0. The van der Waals surface area contributed by atoms with E-state index in [2.05, 4.69) is 15.1 Å². The third kappa shape index (κ3) is 3.46. The van der Waals surface area contributed by atoms with Crippen molar-refractivity contribution in [3.05, 3.63) is 57.3 Å². The number of aryl methyl sites for hydroxylation is 1. The highest BCUT2D eigenvalue weighted by molar-refractivity contribution is 5.77. The van der Waals surface area contributed by atoms with Crippen molar-refractivity contribution < 1.29 is 18.3 Å². The summed E-state index contributed by atoms with van der Waals surface area (Å²) in [5.41, 5.74) is -0.0786. The van der Waals surface area contributed by atoms with Crippen molar-refractivity contribution in [3.63, 3.8) is 0 Å². The Labute approximate surface area is 152 Å². The third-order valence-corrected chi connectivity index (χ3v) is 4.38. The molecule has 0 radical (unpaired) electrons. The standard InChI is InChI=1S/C18H19F3N4O2/c1-9(2)15(11-4-6-12(7-5-11)18(19,20)21)25-16-14(13(8-26)24-25)17(27)23-10(3)22-16/h4-7,9,15,26H,8H2,1-3H3,(H,22,23,27). The van der Waals surface area contributed by atoms with Crippen LogP contribution in [0.3, 0.4) is 0 Å². The van der Waals surface area contributed by atoms with Crippen LogP contribution in [0.1, 0.15) is 42.5 Å². The quantitative estimate of drug-likeness (QED) is 0.728. The van der Waals surface area contributed by atoms with Crippen LogP contribution in [0.25, 0.3) is 11.0 Å². The van der Waals surface area contributed by atoms with Crippen LogP contribution in [0.2, 0.25) is 0 Å². The lowest BCUT2D eigenvalue weighted by Gasteiger charge is -2.23. The van der Waals surface area contributed by atoms with Crippen molar-refractivity contribution in [2.45, 2.75) is 39.6 Å². The van der Waals surface area contributed by atoms with Crippen molar-refractivity contribution in [2.75, 3.05) is 0 Å². The van der Waals surface area contributed by atoms with E-state index in [1.807, 2.05) is 13.8 Å². The zero-order chi connectivity index (χ0) is 19.9. The number of aliphatic hydroxyl groups excluding tert-OH is 1. The molecule has 3 rings (SSSR count). The van der Waals surface area contributed by atoms with E-state index in [0.717, 1.165) is 12.1 Å². The van der Waals surface area contributed by atoms with Crippen LogP contribution in [-0.2, 0) is 12.8 Å². The Balaban J connectivity index is 2.21. The topological polar surface area (TPSA) is 83.8 Å². The van der Waals surface area contributed by atoms with Gasteiger partial charge in [0, 0.05) is 0 Å². The van der Waals surface area contributed by atoms with Gasteiger partial charge in [0.1, 0.15) is 16.9 Å². The molecule has 1 aromatic carbocycles. The predicted molar refractivity (Wildman–Crippen MR) is 93.2 cm³/mol. The minimum Gasteiger partial charge on any atom is -0.390 e. The van der Waals surface area contributed by atoms with Crippen LogP contribution < -0.4 is 5.56 Å². The number of H-pyrrole nitrogens is 1. The number of hydrogen-bond donors (Lipinski definition) is 2. The highest BCUT2D eigenvalue weighted by atomic mass is 19.4. The maximum absolute atomic E-state index is 12.9. The van der Waals surface area contributed by atoms with Gasteiger partial charge in [-0.05, 0) is 30.5 Å². The van der Waals surface area contributed by atoms with Gasteiger partial charge in [-0.2, -0.15) is 18.3 Å². The van der Waals surface area contributed by atoms with E-state index in [1.165, 1.54) is 16.8 Å². The molecular formula is C18H19F3N4O2. The molecule has 0 aliphatic heterocycles. The average Bonchev–Trinajstić information content (AvgIpc) is 2.93. The predicted octanol–water partition coefficient (Wildman–Crippen LogP) is 3.18. The molecule has 6 nitrogen and oxygen atoms in total. The number of aromatic nitrogens is 4. The lowest BCUT2D eigenvalue weighted by atomic mass is 9.95. The average molecular weight is 380 g/mol. The van der Waals surface area contributed by atoms with Gasteiger partial charge in [-0.25, -0.2) is 9.67 Å². The fraction of sp³-hybridized carbons (Fsp3) is 0.389. The molecule has 0 amide bonds. The smallest absolute Gasteiger partial charge is 0.390 e. The van der Waals surface area contributed by atoms with Gasteiger partial charge in [0.05, 0.1) is 18.2 Å². The molecule has 27 heavy (non-hydrogen) atoms. The SMILES string of the molecule is Cc1nc2c(c(CO)nn2C(c2ccc(C(F)(F)F)cc2)C(C)C)c(=O)[nH]1. The number of nitrogens with one attached hydrogen (secondary N) is 1. The van der Waals surface area contributed by atoms with E-state index in [4.69, 9.17) is 0 Å². The Morgan fingerprint density at radius 3 is 2.37 bits per heavy atom. The number of hydrogen-bond acceptors (Lipinski definition) is 4. The Morgan fingerprint density at radius 2 is 1.85 bits per heavy atom. The first kappa shape index (κ1) is 19.1. The Bertz CT molecular complexity index is 1020. The molecule has 1 atom stereocenters. The van der Waals surface area contributed by atoms with Crippen LogP contribution in [0.4, 0.5) is 13.2 Å². The van der Waals surface area contributed by atoms with Gasteiger partial charge < -0.3 is 10.1 Å². The second-order valence-corrected chi connectivity index (χ2v) is 6.71. The van der Waals surface area contributed by atoms with E-state index in [1.54, 1.807) is 6.92 Å². The normalized spacial score (nSPS) is 13.5. The molecule has 0 aliphatic rings. The number of halogens is 3. The number of aliphatic hydroxyl groups is 1. The summed E-state index contributed by atoms with van der Waals surface area (Å²) in [6, 6.07) is 4.40. The number of nitrogens with zero attached hydrogens (tertiary/aromatic N) is 3. The first-order valence-corrected chi connectivity index (χ1v) is 8.39. The van der Waals surface area contributed by atoms with Crippen molar-refractivity contribution in [1.29, 1.82) is 0 Å². The number of alkyl halides is 3. The summed E-state index contributed by atoms with van der Waals surface area (Å²) in [5, 5.41) is 14.1. The molecular weight excluding hydrogens is 361 g/mol. The van der Waals surface area contributed by atoms with E-state index < -0.39 is 29.9 Å². The summed E-state index contributed by atoms with van der Waals surface area (Å²) in [5.74, 6) is 0.325.